The maximum Gasteiger partial charge on any atom is 0.232 e. The number of likely N-dealkylation sites (tertiary alicyclic amines) is 1. The maximum atomic E-state index is 9.44. The van der Waals surface area contributed by atoms with E-state index in [-0.39, 0.29) is 18.6 Å². The molecule has 0 spiro atoms. The molecule has 7 heteroatoms. The van der Waals surface area contributed by atoms with E-state index in [1.165, 1.54) is 5.56 Å². The van der Waals surface area contributed by atoms with Gasteiger partial charge < -0.3 is 16.2 Å². The molecule has 0 saturated carbocycles. The van der Waals surface area contributed by atoms with E-state index in [0.717, 1.165) is 31.5 Å². The highest BCUT2D eigenvalue weighted by atomic mass is 16.3. The number of aromatic nitrogens is 3. The Bertz CT molecular complexity index is 693. The van der Waals surface area contributed by atoms with Gasteiger partial charge in [0.15, 0.2) is 0 Å². The zero-order valence-corrected chi connectivity index (χ0v) is 13.9. The Morgan fingerprint density at radius 3 is 2.92 bits per heavy atom. The van der Waals surface area contributed by atoms with Crippen LogP contribution in [0, 0.1) is 0 Å². The smallest absolute Gasteiger partial charge is 0.232 e. The number of nitrogens with two attached hydrogens (primary N) is 1. The summed E-state index contributed by atoms with van der Waals surface area (Å²) in [6.45, 7) is 3.78. The number of benzene rings is 1. The van der Waals surface area contributed by atoms with Gasteiger partial charge in [0.1, 0.15) is 5.82 Å². The van der Waals surface area contributed by atoms with Crippen molar-refractivity contribution in [2.75, 3.05) is 24.2 Å². The summed E-state index contributed by atoms with van der Waals surface area (Å²) < 4.78 is 0. The Morgan fingerprint density at radius 1 is 1.29 bits per heavy atom. The van der Waals surface area contributed by atoms with E-state index in [1.807, 2.05) is 18.2 Å². The van der Waals surface area contributed by atoms with Gasteiger partial charge in [0.25, 0.3) is 0 Å². The van der Waals surface area contributed by atoms with Crippen molar-refractivity contribution in [2.45, 2.75) is 38.8 Å². The van der Waals surface area contributed by atoms with Crippen molar-refractivity contribution in [3.63, 3.8) is 0 Å². The number of aliphatic hydroxyl groups is 1. The molecule has 4 N–H and O–H groups in total. The summed E-state index contributed by atoms with van der Waals surface area (Å²) in [6, 6.07) is 8.24. The van der Waals surface area contributed by atoms with Crippen molar-refractivity contribution in [2.24, 2.45) is 0 Å². The van der Waals surface area contributed by atoms with Crippen LogP contribution in [0.5, 0.6) is 0 Å². The third-order valence-corrected chi connectivity index (χ3v) is 4.40. The van der Waals surface area contributed by atoms with Crippen LogP contribution >= 0.6 is 0 Å². The lowest BCUT2D eigenvalue weighted by Crippen LogP contribution is -2.32. The number of nitrogens with one attached hydrogen (secondary N) is 1. The third-order valence-electron chi connectivity index (χ3n) is 4.40. The van der Waals surface area contributed by atoms with Crippen molar-refractivity contribution in [3.05, 3.63) is 35.7 Å². The second-order valence-corrected chi connectivity index (χ2v) is 6.02. The lowest BCUT2D eigenvalue weighted by atomic mass is 10.1. The Morgan fingerprint density at radius 2 is 2.12 bits per heavy atom. The van der Waals surface area contributed by atoms with Crippen LogP contribution in [0.3, 0.4) is 0 Å². The number of rotatable bonds is 6. The number of aliphatic hydroxyl groups excluding tert-OH is 1. The van der Waals surface area contributed by atoms with Crippen molar-refractivity contribution in [1.29, 1.82) is 0 Å². The topological polar surface area (TPSA) is 100 Å². The second kappa shape index (κ2) is 7.55. The first-order valence-corrected chi connectivity index (χ1v) is 8.40. The molecule has 2 heterocycles. The molecule has 0 unspecified atom stereocenters. The highest BCUT2D eigenvalue weighted by Gasteiger charge is 2.24. The minimum Gasteiger partial charge on any atom is -0.395 e. The second-order valence-electron chi connectivity index (χ2n) is 6.02. The van der Waals surface area contributed by atoms with Crippen LogP contribution in [0.4, 0.5) is 17.6 Å². The molecule has 1 aliphatic heterocycles. The molecule has 0 bridgehead atoms. The average molecular weight is 328 g/mol. The van der Waals surface area contributed by atoms with Crippen LogP contribution < -0.4 is 11.1 Å². The molecule has 1 aromatic carbocycles. The van der Waals surface area contributed by atoms with Gasteiger partial charge in [0.05, 0.1) is 13.2 Å². The molecule has 0 radical (unpaired) electrons. The maximum absolute atomic E-state index is 9.44. The fourth-order valence-corrected chi connectivity index (χ4v) is 3.13. The van der Waals surface area contributed by atoms with Gasteiger partial charge in [-0.3, -0.25) is 4.90 Å². The molecule has 3 rings (SSSR count). The first kappa shape index (κ1) is 16.6. The summed E-state index contributed by atoms with van der Waals surface area (Å²) in [7, 11) is 0. The largest absolute Gasteiger partial charge is 0.395 e. The van der Waals surface area contributed by atoms with Crippen LogP contribution in [0.25, 0.3) is 0 Å². The first-order valence-electron chi connectivity index (χ1n) is 8.40. The van der Waals surface area contributed by atoms with Crippen LogP contribution in [0.1, 0.15) is 31.2 Å². The normalized spacial score (nSPS) is 18.0. The average Bonchev–Trinajstić information content (AvgIpc) is 3.02. The van der Waals surface area contributed by atoms with Gasteiger partial charge in [-0.2, -0.15) is 15.0 Å². The fraction of sp³-hybridized carbons (Fsp3) is 0.471. The quantitative estimate of drug-likeness (QED) is 0.742. The molecule has 0 aliphatic carbocycles. The SMILES string of the molecule is CCc1ccccc1Nc1nc(N)nc(CN2CCC[C@@H]2CO)n1. The van der Waals surface area contributed by atoms with Crippen molar-refractivity contribution >= 4 is 17.6 Å². The molecule has 1 aromatic heterocycles. The number of hydrogen-bond acceptors (Lipinski definition) is 7. The molecule has 2 aromatic rings. The standard InChI is InChI=1S/C17H24N6O/c1-2-12-6-3-4-8-14(12)19-17-21-15(20-16(18)22-17)10-23-9-5-7-13(23)11-24/h3-4,6,8,13,24H,2,5,7,9-11H2,1H3,(H3,18,19,20,21,22)/t13-/m1/s1. The summed E-state index contributed by atoms with van der Waals surface area (Å²) >= 11 is 0. The summed E-state index contributed by atoms with van der Waals surface area (Å²) in [4.78, 5) is 15.1. The van der Waals surface area contributed by atoms with Crippen molar-refractivity contribution < 1.29 is 5.11 Å². The summed E-state index contributed by atoms with van der Waals surface area (Å²) in [5.74, 6) is 1.29. The minimum atomic E-state index is 0.162. The van der Waals surface area contributed by atoms with Gasteiger partial charge in [-0.05, 0) is 37.4 Å². The summed E-state index contributed by atoms with van der Waals surface area (Å²) in [5, 5.41) is 12.7. The fourth-order valence-electron chi connectivity index (χ4n) is 3.13. The molecule has 1 aliphatic rings. The number of nitrogens with zero attached hydrogens (tertiary/aromatic N) is 4. The number of aryl methyl sites for hydroxylation is 1. The predicted molar refractivity (Wildman–Crippen MR) is 93.9 cm³/mol. The first-order chi connectivity index (χ1) is 11.7. The van der Waals surface area contributed by atoms with Gasteiger partial charge in [0, 0.05) is 11.7 Å². The Labute approximate surface area is 142 Å². The van der Waals surface area contributed by atoms with Gasteiger partial charge in [-0.1, -0.05) is 25.1 Å². The van der Waals surface area contributed by atoms with Crippen molar-refractivity contribution in [3.8, 4) is 0 Å². The van der Waals surface area contributed by atoms with Gasteiger partial charge >= 0.3 is 0 Å². The predicted octanol–water partition coefficient (Wildman–Crippen LogP) is 1.72. The zero-order chi connectivity index (χ0) is 16.9. The molecule has 1 fully saturated rings. The summed E-state index contributed by atoms with van der Waals surface area (Å²) in [5.41, 5.74) is 8.03. The van der Waals surface area contributed by atoms with Crippen molar-refractivity contribution in [1.82, 2.24) is 19.9 Å². The number of hydrogen-bond donors (Lipinski definition) is 3. The van der Waals surface area contributed by atoms with Crippen LogP contribution in [0.15, 0.2) is 24.3 Å². The Hall–Kier alpha value is -2.25. The molecular formula is C17H24N6O. The molecule has 1 atom stereocenters. The molecule has 128 valence electrons. The lowest BCUT2D eigenvalue weighted by molar-refractivity contribution is 0.151. The third kappa shape index (κ3) is 3.80. The molecule has 1 saturated heterocycles. The van der Waals surface area contributed by atoms with Gasteiger partial charge in [-0.15, -0.1) is 0 Å². The van der Waals surface area contributed by atoms with E-state index in [2.05, 4.69) is 38.2 Å². The molecule has 7 nitrogen and oxygen atoms in total. The van der Waals surface area contributed by atoms with E-state index < -0.39 is 0 Å². The number of anilines is 3. The molecule has 0 amide bonds. The lowest BCUT2D eigenvalue weighted by Gasteiger charge is -2.21. The molecular weight excluding hydrogens is 304 g/mol. The zero-order valence-electron chi connectivity index (χ0n) is 13.9. The van der Waals surface area contributed by atoms with E-state index in [4.69, 9.17) is 5.73 Å². The van der Waals surface area contributed by atoms with Gasteiger partial charge in [0.2, 0.25) is 11.9 Å². The van der Waals surface area contributed by atoms with E-state index in [0.29, 0.717) is 18.3 Å². The number of para-hydroxylation sites is 1. The van der Waals surface area contributed by atoms with Crippen LogP contribution in [0.2, 0.25) is 0 Å². The monoisotopic (exact) mass is 328 g/mol. The minimum absolute atomic E-state index is 0.162. The highest BCUT2D eigenvalue weighted by Crippen LogP contribution is 2.21. The summed E-state index contributed by atoms with van der Waals surface area (Å²) in [6.07, 6.45) is 3.01. The number of nitrogen functional groups attached to an aromatic ring is 1. The van der Waals surface area contributed by atoms with Crippen LogP contribution in [-0.4, -0.2) is 44.2 Å². The Balaban J connectivity index is 1.78. The van der Waals surface area contributed by atoms with E-state index in [1.54, 1.807) is 0 Å². The van der Waals surface area contributed by atoms with Gasteiger partial charge in [-0.25, -0.2) is 0 Å². The van der Waals surface area contributed by atoms with E-state index >= 15 is 0 Å². The highest BCUT2D eigenvalue weighted by molar-refractivity contribution is 5.58. The molecule has 24 heavy (non-hydrogen) atoms. The van der Waals surface area contributed by atoms with Crippen LogP contribution in [-0.2, 0) is 13.0 Å². The Kier molecular flexibility index (Phi) is 5.22. The van der Waals surface area contributed by atoms with E-state index in [9.17, 15) is 5.11 Å².